The maximum atomic E-state index is 14.8. The summed E-state index contributed by atoms with van der Waals surface area (Å²) >= 11 is 0. The van der Waals surface area contributed by atoms with Gasteiger partial charge in [-0.1, -0.05) is 52.7 Å². The van der Waals surface area contributed by atoms with E-state index < -0.39 is 135 Å². The van der Waals surface area contributed by atoms with Crippen molar-refractivity contribution in [3.63, 3.8) is 0 Å². The van der Waals surface area contributed by atoms with E-state index in [1.807, 2.05) is 5.32 Å². The Morgan fingerprint density at radius 3 is 2.10 bits per heavy atom. The normalized spacial score (nSPS) is 26.2. The average Bonchev–Trinajstić information content (AvgIpc) is 3.26. The number of guanidine groups is 1. The van der Waals surface area contributed by atoms with Gasteiger partial charge in [0.1, 0.15) is 60.9 Å². The molecule has 2 heterocycles. The smallest absolute Gasteiger partial charge is 0.398 e. The van der Waals surface area contributed by atoms with Gasteiger partial charge in [-0.05, 0) is 62.1 Å². The van der Waals surface area contributed by atoms with Crippen LogP contribution in [0.25, 0.3) is 0 Å². The number of ether oxygens (including phenoxy) is 1. The average molecular weight is 1020 g/mol. The van der Waals surface area contributed by atoms with Gasteiger partial charge in [-0.25, -0.2) is 13.2 Å². The lowest BCUT2D eigenvalue weighted by Crippen LogP contribution is -2.66. The highest BCUT2D eigenvalue weighted by Gasteiger charge is 2.47. The minimum atomic E-state index is -5.59. The number of aliphatic hydroxyl groups excluding tert-OH is 1. The maximum absolute atomic E-state index is 14.8. The van der Waals surface area contributed by atoms with Crippen LogP contribution in [-0.2, 0) is 73.9 Å². The van der Waals surface area contributed by atoms with Crippen LogP contribution >= 0.6 is 0 Å². The number of piperidine rings is 1. The van der Waals surface area contributed by atoms with Crippen LogP contribution in [0.5, 0.6) is 5.75 Å². The zero-order valence-electron chi connectivity index (χ0n) is 38.8. The summed E-state index contributed by atoms with van der Waals surface area (Å²) in [5.74, 6) is -9.74. The van der Waals surface area contributed by atoms with E-state index in [2.05, 4.69) is 29.3 Å². The highest BCUT2D eigenvalue weighted by molar-refractivity contribution is 7.81. The number of fused-ring (bicyclic) bond motifs is 2. The molecule has 11 atom stereocenters. The molecule has 12 N–H and O–H groups in total. The van der Waals surface area contributed by atoms with Crippen LogP contribution < -0.4 is 32.7 Å². The summed E-state index contributed by atoms with van der Waals surface area (Å²) in [5.41, 5.74) is 11.3. The first kappa shape index (κ1) is 57.6. The van der Waals surface area contributed by atoms with Gasteiger partial charge in [0.2, 0.25) is 29.5 Å². The minimum Gasteiger partial charge on any atom is -0.508 e. The fourth-order valence-electron chi connectivity index (χ4n) is 7.48. The third kappa shape index (κ3) is 17.0. The summed E-state index contributed by atoms with van der Waals surface area (Å²) in [7, 11) is -9.68. The van der Waals surface area contributed by atoms with Crippen molar-refractivity contribution in [1.82, 2.24) is 31.1 Å². The summed E-state index contributed by atoms with van der Waals surface area (Å²) in [6.45, 7) is 5.97. The Morgan fingerprint density at radius 2 is 1.54 bits per heavy atom. The number of hydrogen-bond donors (Lipinski definition) is 10. The van der Waals surface area contributed by atoms with Gasteiger partial charge in [0.25, 0.3) is 5.91 Å². The number of nitrogens with one attached hydrogen (secondary N) is 4. The second kappa shape index (κ2) is 25.2. The monoisotopic (exact) mass is 1020 g/mol. The highest BCUT2D eigenvalue weighted by Crippen LogP contribution is 2.28. The zero-order valence-corrected chi connectivity index (χ0v) is 40.5. The predicted octanol–water partition coefficient (Wildman–Crippen LogP) is -2.89. The molecule has 2 aliphatic heterocycles. The number of nitrogens with zero attached hydrogens (tertiary/aromatic N) is 3. The second-order valence-electron chi connectivity index (χ2n) is 16.8. The molecule has 0 aromatic heterocycles. The van der Waals surface area contributed by atoms with E-state index >= 15 is 0 Å². The number of aliphatic imine (C=N–C) groups is 1. The van der Waals surface area contributed by atoms with Crippen molar-refractivity contribution >= 4 is 68.2 Å². The number of hydrogen-bond acceptors (Lipinski definition) is 17. The summed E-state index contributed by atoms with van der Waals surface area (Å²) < 4.78 is 78.6. The molecular weight excluding hydrogens is 959 g/mol. The summed E-state index contributed by atoms with van der Waals surface area (Å²) in [6, 6.07) is -4.01. The van der Waals surface area contributed by atoms with E-state index in [1.165, 1.54) is 31.3 Å². The van der Waals surface area contributed by atoms with Gasteiger partial charge >= 0.3 is 26.8 Å². The molecule has 69 heavy (non-hydrogen) atoms. The Bertz CT molecular complexity index is 2270. The lowest BCUT2D eigenvalue weighted by molar-refractivity contribution is -0.168. The van der Waals surface area contributed by atoms with Crippen molar-refractivity contribution in [1.29, 1.82) is 0 Å². The molecule has 0 radical (unpaired) electrons. The quantitative estimate of drug-likeness (QED) is 0.0246. The number of cyclic esters (lactones) is 1. The standard InChI is InChI=1S/C40H63N9O18S2/c1-7-20(3)30-39(58)66-22(5)31(47-35(54)28(67-69(62,63)64)19-65-68(59,60)61)36(55)44-25(10-9-17-43-40(41)42)33(52)45-26-15-16-29(51)49(37(26)56)32(21(4)8-2)38(57)48(6)27(34(53)46-30)18-23-11-13-24(50)14-12-23/h11-14,20-22,25-32,50-51H,7-10,15-19H2,1-6H3,(H,44,55)(H,45,52)(H,46,53)(H,47,54)(H4,41,42,43)(H,59,60,61)(H,62,63,64)/t20-,21-,22-,25-,26-,27-,28+,29+,30-,31-,32+/m0/s1. The number of rotatable bonds is 17. The number of benzene rings is 1. The van der Waals surface area contributed by atoms with Crippen LogP contribution in [0, 0.1) is 11.8 Å². The topological polar surface area (TPSA) is 415 Å². The summed E-state index contributed by atoms with van der Waals surface area (Å²) in [6.07, 6.45) is -6.39. The molecule has 2 bridgehead atoms. The number of phenolic OH excluding ortho intramolecular Hbond substituents is 1. The van der Waals surface area contributed by atoms with Crippen LogP contribution in [0.2, 0.25) is 0 Å². The lowest BCUT2D eigenvalue weighted by Gasteiger charge is -2.44. The van der Waals surface area contributed by atoms with Gasteiger partial charge in [0.05, 0.1) is 0 Å². The van der Waals surface area contributed by atoms with E-state index in [4.69, 9.17) is 20.8 Å². The van der Waals surface area contributed by atoms with Gasteiger partial charge in [0.15, 0.2) is 12.1 Å². The number of carbonyl (C=O) groups is 7. The fourth-order valence-corrected chi connectivity index (χ4v) is 8.21. The Kier molecular flexibility index (Phi) is 21.1. The molecule has 2 aliphatic rings. The molecule has 1 aromatic rings. The van der Waals surface area contributed by atoms with Gasteiger partial charge in [0, 0.05) is 20.0 Å². The van der Waals surface area contributed by atoms with E-state index in [0.717, 1.165) is 16.7 Å². The van der Waals surface area contributed by atoms with E-state index in [0.29, 0.717) is 5.56 Å². The van der Waals surface area contributed by atoms with Crippen molar-refractivity contribution in [3.8, 4) is 5.75 Å². The molecule has 0 aliphatic carbocycles. The molecule has 2 saturated heterocycles. The number of nitrogens with two attached hydrogens (primary N) is 2. The molecule has 27 nitrogen and oxygen atoms in total. The molecule has 0 spiro atoms. The minimum absolute atomic E-state index is 0.0168. The highest BCUT2D eigenvalue weighted by atomic mass is 32.3. The molecule has 388 valence electrons. The first-order chi connectivity index (χ1) is 32.1. The Morgan fingerprint density at radius 1 is 0.913 bits per heavy atom. The third-order valence-corrected chi connectivity index (χ3v) is 12.6. The van der Waals surface area contributed by atoms with Crippen molar-refractivity contribution < 1.29 is 82.8 Å². The molecule has 6 amide bonds. The van der Waals surface area contributed by atoms with Gasteiger partial charge < -0.3 is 57.5 Å². The maximum Gasteiger partial charge on any atom is 0.398 e. The number of esters is 1. The van der Waals surface area contributed by atoms with Crippen molar-refractivity contribution in [3.05, 3.63) is 29.8 Å². The fraction of sp³-hybridized carbons (Fsp3) is 0.650. The first-order valence-corrected chi connectivity index (χ1v) is 24.6. The molecule has 29 heteroatoms. The van der Waals surface area contributed by atoms with Crippen LogP contribution in [0.4, 0.5) is 0 Å². The number of amides is 6. The third-order valence-electron chi connectivity index (χ3n) is 11.7. The predicted molar refractivity (Wildman–Crippen MR) is 240 cm³/mol. The zero-order chi connectivity index (χ0) is 52.1. The van der Waals surface area contributed by atoms with Crippen LogP contribution in [0.3, 0.4) is 0 Å². The molecule has 0 saturated carbocycles. The SMILES string of the molecule is CC[C@H](C)[C@@H]1NC(=O)[C@H](Cc2ccc(O)cc2)N(C)C(=O)[C@@H]([C@@H](C)CC)N2C(=O)[C@H](CC[C@H]2O)NC(=O)[C@H](CCCN=C(N)N)NC(=O)[C@@H](NC(=O)[C@@H](COS(=O)(=O)O)OS(=O)(=O)O)[C@H](C)OC1=O. The lowest BCUT2D eigenvalue weighted by atomic mass is 9.91. The Labute approximate surface area is 399 Å². The van der Waals surface area contributed by atoms with E-state index in [1.54, 1.807) is 27.7 Å². The Balaban J connectivity index is 2.30. The van der Waals surface area contributed by atoms with Gasteiger partial charge in [-0.3, -0.25) is 42.9 Å². The number of likely N-dealkylation sites (N-methyl/N-ethyl adjacent to an activating group) is 1. The van der Waals surface area contributed by atoms with Gasteiger partial charge in [-0.15, -0.1) is 0 Å². The number of phenols is 1. The van der Waals surface area contributed by atoms with Crippen molar-refractivity contribution in [2.24, 2.45) is 28.3 Å². The summed E-state index contributed by atoms with van der Waals surface area (Å²) in [4.78, 5) is 106. The van der Waals surface area contributed by atoms with Crippen molar-refractivity contribution in [2.45, 2.75) is 134 Å². The number of aromatic hydroxyl groups is 1. The number of aliphatic hydroxyl groups is 1. The second-order valence-corrected chi connectivity index (χ2v) is 18.9. The summed E-state index contributed by atoms with van der Waals surface area (Å²) in [5, 5.41) is 31.0. The molecule has 1 aromatic carbocycles. The largest absolute Gasteiger partial charge is 0.508 e. The van der Waals surface area contributed by atoms with Crippen LogP contribution in [0.15, 0.2) is 29.3 Å². The number of carbonyl (C=O) groups excluding carboxylic acids is 7. The molecular formula is C40H63N9O18S2. The first-order valence-electron chi connectivity index (χ1n) is 21.9. The van der Waals surface area contributed by atoms with Crippen LogP contribution in [0.1, 0.15) is 78.7 Å². The Hall–Kier alpha value is -5.72. The van der Waals surface area contributed by atoms with E-state index in [9.17, 15) is 65.2 Å². The molecule has 0 unspecified atom stereocenters. The van der Waals surface area contributed by atoms with E-state index in [-0.39, 0.29) is 63.2 Å². The van der Waals surface area contributed by atoms with Crippen LogP contribution in [-0.4, -0.2) is 168 Å². The van der Waals surface area contributed by atoms with Crippen molar-refractivity contribution in [2.75, 3.05) is 20.2 Å². The van der Waals surface area contributed by atoms with Gasteiger partial charge in [-0.2, -0.15) is 16.8 Å². The molecule has 3 rings (SSSR count). The molecule has 2 fully saturated rings.